The lowest BCUT2D eigenvalue weighted by Gasteiger charge is -2.14. The van der Waals surface area contributed by atoms with Gasteiger partial charge in [0.2, 0.25) is 17.7 Å². The summed E-state index contributed by atoms with van der Waals surface area (Å²) in [5.74, 6) is -1.06. The molecule has 0 aromatic heterocycles. The molecule has 3 rings (SSSR count). The molecule has 1 saturated carbocycles. The minimum atomic E-state index is -0.240. The third kappa shape index (κ3) is 1.94. The molecule has 2 fully saturated rings. The van der Waals surface area contributed by atoms with Crippen LogP contribution in [0.3, 0.4) is 0 Å². The summed E-state index contributed by atoms with van der Waals surface area (Å²) in [5, 5.41) is 2.80. The number of likely N-dealkylation sites (tertiary alicyclic amines) is 1. The van der Waals surface area contributed by atoms with Crippen molar-refractivity contribution in [3.05, 3.63) is 12.2 Å². The first kappa shape index (κ1) is 11.4. The van der Waals surface area contributed by atoms with Crippen molar-refractivity contribution in [1.29, 1.82) is 0 Å². The summed E-state index contributed by atoms with van der Waals surface area (Å²) in [6.45, 7) is -0.110. The standard InChI is InChI=1S/C13H16N2O3/c16-11(14-8-5-6-8)7-15-12(17)9-3-1-2-4-10(9)13(15)18/h1-2,8-10H,3-7H2,(H,14,16)/t9-,10+. The van der Waals surface area contributed by atoms with Crippen LogP contribution in [0.25, 0.3) is 0 Å². The lowest BCUT2D eigenvalue weighted by Crippen LogP contribution is -2.41. The summed E-state index contributed by atoms with van der Waals surface area (Å²) in [5.41, 5.74) is 0. The molecular formula is C13H16N2O3. The Morgan fingerprint density at radius 3 is 2.22 bits per heavy atom. The third-order valence-corrected chi connectivity index (χ3v) is 3.84. The van der Waals surface area contributed by atoms with E-state index < -0.39 is 0 Å². The van der Waals surface area contributed by atoms with Crippen LogP contribution in [-0.2, 0) is 14.4 Å². The quantitative estimate of drug-likeness (QED) is 0.574. The summed E-state index contributed by atoms with van der Waals surface area (Å²) in [4.78, 5) is 37.0. The number of fused-ring (bicyclic) bond motifs is 1. The van der Waals surface area contributed by atoms with E-state index in [9.17, 15) is 14.4 Å². The predicted molar refractivity (Wildman–Crippen MR) is 63.2 cm³/mol. The van der Waals surface area contributed by atoms with Crippen LogP contribution >= 0.6 is 0 Å². The zero-order chi connectivity index (χ0) is 12.7. The van der Waals surface area contributed by atoms with E-state index in [-0.39, 0.29) is 42.1 Å². The molecule has 0 spiro atoms. The molecular weight excluding hydrogens is 232 g/mol. The van der Waals surface area contributed by atoms with Gasteiger partial charge in [0.05, 0.1) is 11.8 Å². The van der Waals surface area contributed by atoms with Gasteiger partial charge in [0, 0.05) is 6.04 Å². The van der Waals surface area contributed by atoms with Crippen molar-refractivity contribution in [2.45, 2.75) is 31.7 Å². The Bertz CT molecular complexity index is 414. The topological polar surface area (TPSA) is 66.5 Å². The first-order valence-electron chi connectivity index (χ1n) is 6.46. The van der Waals surface area contributed by atoms with E-state index in [1.54, 1.807) is 0 Å². The first-order chi connectivity index (χ1) is 8.66. The van der Waals surface area contributed by atoms with Crippen molar-refractivity contribution in [2.75, 3.05) is 6.54 Å². The minimum absolute atomic E-state index is 0.110. The Balaban J connectivity index is 1.67. The molecule has 0 unspecified atom stereocenters. The lowest BCUT2D eigenvalue weighted by atomic mass is 9.85. The van der Waals surface area contributed by atoms with E-state index in [1.165, 1.54) is 0 Å². The molecule has 0 bridgehead atoms. The molecule has 5 heteroatoms. The molecule has 2 aliphatic carbocycles. The van der Waals surface area contributed by atoms with Gasteiger partial charge in [0.25, 0.3) is 0 Å². The molecule has 96 valence electrons. The summed E-state index contributed by atoms with van der Waals surface area (Å²) in [6, 6.07) is 0.259. The average molecular weight is 248 g/mol. The molecule has 1 aliphatic heterocycles. The monoisotopic (exact) mass is 248 g/mol. The molecule has 1 heterocycles. The molecule has 0 radical (unpaired) electrons. The van der Waals surface area contributed by atoms with Crippen molar-refractivity contribution in [2.24, 2.45) is 11.8 Å². The molecule has 0 aromatic carbocycles. The predicted octanol–water partition coefficient (Wildman–Crippen LogP) is 0.216. The Labute approximate surface area is 105 Å². The number of amides is 3. The summed E-state index contributed by atoms with van der Waals surface area (Å²) in [6.07, 6.45) is 7.14. The van der Waals surface area contributed by atoms with Gasteiger partial charge in [-0.2, -0.15) is 0 Å². The van der Waals surface area contributed by atoms with Gasteiger partial charge >= 0.3 is 0 Å². The molecule has 1 saturated heterocycles. The molecule has 5 nitrogen and oxygen atoms in total. The summed E-state index contributed by atoms with van der Waals surface area (Å²) in [7, 11) is 0. The third-order valence-electron chi connectivity index (χ3n) is 3.84. The zero-order valence-electron chi connectivity index (χ0n) is 10.1. The molecule has 3 aliphatic rings. The van der Waals surface area contributed by atoms with Crippen LogP contribution in [-0.4, -0.2) is 35.2 Å². The van der Waals surface area contributed by atoms with Crippen molar-refractivity contribution in [3.8, 4) is 0 Å². The average Bonchev–Trinajstić information content (AvgIpc) is 3.14. The molecule has 0 aromatic rings. The number of carbonyl (C=O) groups is 3. The highest BCUT2D eigenvalue weighted by molar-refractivity contribution is 6.07. The van der Waals surface area contributed by atoms with E-state index in [2.05, 4.69) is 5.32 Å². The molecule has 18 heavy (non-hydrogen) atoms. The van der Waals surface area contributed by atoms with Gasteiger partial charge in [-0.15, -0.1) is 0 Å². The SMILES string of the molecule is O=C(CN1C(=O)[C@H]2CC=CC[C@H]2C1=O)NC1CC1. The van der Waals surface area contributed by atoms with Crippen molar-refractivity contribution in [3.63, 3.8) is 0 Å². The number of carbonyl (C=O) groups excluding carboxylic acids is 3. The van der Waals surface area contributed by atoms with Gasteiger partial charge in [-0.3, -0.25) is 19.3 Å². The van der Waals surface area contributed by atoms with E-state index in [4.69, 9.17) is 0 Å². The number of nitrogens with one attached hydrogen (secondary N) is 1. The van der Waals surface area contributed by atoms with Crippen molar-refractivity contribution >= 4 is 17.7 Å². The second kappa shape index (κ2) is 4.23. The highest BCUT2D eigenvalue weighted by Gasteiger charge is 2.47. The highest BCUT2D eigenvalue weighted by atomic mass is 16.2. The van der Waals surface area contributed by atoms with Gasteiger partial charge < -0.3 is 5.32 Å². The number of allylic oxidation sites excluding steroid dienone is 2. The summed E-state index contributed by atoms with van der Waals surface area (Å²) >= 11 is 0. The lowest BCUT2D eigenvalue weighted by molar-refractivity contribution is -0.143. The van der Waals surface area contributed by atoms with Crippen LogP contribution < -0.4 is 5.32 Å². The largest absolute Gasteiger partial charge is 0.352 e. The van der Waals surface area contributed by atoms with Gasteiger partial charge in [-0.1, -0.05) is 12.2 Å². The van der Waals surface area contributed by atoms with Crippen molar-refractivity contribution in [1.82, 2.24) is 10.2 Å². The van der Waals surface area contributed by atoms with Crippen LogP contribution in [0.1, 0.15) is 25.7 Å². The first-order valence-corrected chi connectivity index (χ1v) is 6.46. The molecule has 1 N–H and O–H groups in total. The maximum Gasteiger partial charge on any atom is 0.240 e. The zero-order valence-corrected chi connectivity index (χ0v) is 10.1. The van der Waals surface area contributed by atoms with Crippen LogP contribution in [0.15, 0.2) is 12.2 Å². The fourth-order valence-electron chi connectivity index (χ4n) is 2.67. The normalized spacial score (nSPS) is 30.6. The van der Waals surface area contributed by atoms with Crippen LogP contribution in [0.5, 0.6) is 0 Å². The molecule has 2 atom stereocenters. The fourth-order valence-corrected chi connectivity index (χ4v) is 2.67. The van der Waals surface area contributed by atoms with Crippen molar-refractivity contribution < 1.29 is 14.4 Å². The van der Waals surface area contributed by atoms with Gasteiger partial charge in [0.1, 0.15) is 6.54 Å². The number of rotatable bonds is 3. The number of imide groups is 1. The second-order valence-electron chi connectivity index (χ2n) is 5.26. The van der Waals surface area contributed by atoms with Gasteiger partial charge in [0.15, 0.2) is 0 Å². The smallest absolute Gasteiger partial charge is 0.240 e. The maximum atomic E-state index is 12.1. The van der Waals surface area contributed by atoms with E-state index in [0.717, 1.165) is 17.7 Å². The highest BCUT2D eigenvalue weighted by Crippen LogP contribution is 2.34. The van der Waals surface area contributed by atoms with Gasteiger partial charge in [-0.25, -0.2) is 0 Å². The Morgan fingerprint density at radius 1 is 1.17 bits per heavy atom. The molecule has 3 amide bonds. The number of nitrogens with zero attached hydrogens (tertiary/aromatic N) is 1. The maximum absolute atomic E-state index is 12.1. The Hall–Kier alpha value is -1.65. The Kier molecular flexibility index (Phi) is 2.69. The number of hydrogen-bond acceptors (Lipinski definition) is 3. The van der Waals surface area contributed by atoms with Crippen LogP contribution in [0, 0.1) is 11.8 Å². The van der Waals surface area contributed by atoms with Crippen LogP contribution in [0.2, 0.25) is 0 Å². The Morgan fingerprint density at radius 2 is 1.72 bits per heavy atom. The second-order valence-corrected chi connectivity index (χ2v) is 5.26. The van der Waals surface area contributed by atoms with E-state index in [0.29, 0.717) is 12.8 Å². The minimum Gasteiger partial charge on any atom is -0.352 e. The van der Waals surface area contributed by atoms with E-state index >= 15 is 0 Å². The van der Waals surface area contributed by atoms with Crippen LogP contribution in [0.4, 0.5) is 0 Å². The van der Waals surface area contributed by atoms with Gasteiger partial charge in [-0.05, 0) is 25.7 Å². The van der Waals surface area contributed by atoms with E-state index in [1.807, 2.05) is 12.2 Å². The summed E-state index contributed by atoms with van der Waals surface area (Å²) < 4.78 is 0. The number of hydrogen-bond donors (Lipinski definition) is 1. The fraction of sp³-hybridized carbons (Fsp3) is 0.615.